The smallest absolute Gasteiger partial charge is 0.312 e. The van der Waals surface area contributed by atoms with Gasteiger partial charge in [0.1, 0.15) is 0 Å². The Balaban J connectivity index is 1.53. The minimum absolute atomic E-state index is 0.443. The lowest BCUT2D eigenvalue weighted by atomic mass is 10.1. The molecule has 0 spiro atoms. The SMILES string of the molecule is CC1CN(Cc2ccccc2)CC1Nc1ccc(CNC(N)=O)cc1. The van der Waals surface area contributed by atoms with E-state index in [-0.39, 0.29) is 0 Å². The number of amides is 2. The van der Waals surface area contributed by atoms with Crippen molar-refractivity contribution in [3.05, 3.63) is 65.7 Å². The minimum atomic E-state index is -0.500. The third-order valence-corrected chi connectivity index (χ3v) is 4.71. The maximum atomic E-state index is 10.8. The Morgan fingerprint density at radius 3 is 2.48 bits per heavy atom. The summed E-state index contributed by atoms with van der Waals surface area (Å²) in [5.41, 5.74) is 8.61. The van der Waals surface area contributed by atoms with E-state index in [9.17, 15) is 4.79 Å². The van der Waals surface area contributed by atoms with Gasteiger partial charge in [-0.15, -0.1) is 0 Å². The second-order valence-electron chi connectivity index (χ2n) is 6.82. The summed E-state index contributed by atoms with van der Waals surface area (Å²) in [6.45, 7) is 5.91. The molecule has 5 heteroatoms. The first-order chi connectivity index (χ1) is 12.1. The fourth-order valence-electron chi connectivity index (χ4n) is 3.35. The van der Waals surface area contributed by atoms with Crippen molar-refractivity contribution in [2.45, 2.75) is 26.1 Å². The Morgan fingerprint density at radius 2 is 1.80 bits per heavy atom. The van der Waals surface area contributed by atoms with Crippen molar-refractivity contribution in [2.75, 3.05) is 18.4 Å². The normalized spacial score (nSPS) is 20.4. The number of nitrogens with zero attached hydrogens (tertiary/aromatic N) is 1. The van der Waals surface area contributed by atoms with E-state index in [0.717, 1.165) is 30.9 Å². The first kappa shape index (κ1) is 17.3. The predicted octanol–water partition coefficient (Wildman–Crippen LogP) is 2.79. The van der Waals surface area contributed by atoms with Crippen LogP contribution < -0.4 is 16.4 Å². The van der Waals surface area contributed by atoms with Gasteiger partial charge in [0.15, 0.2) is 0 Å². The molecule has 2 aromatic rings. The average molecular weight is 338 g/mol. The third-order valence-electron chi connectivity index (χ3n) is 4.71. The quantitative estimate of drug-likeness (QED) is 0.758. The second-order valence-corrected chi connectivity index (χ2v) is 6.82. The van der Waals surface area contributed by atoms with Gasteiger partial charge in [-0.3, -0.25) is 4.90 Å². The number of carbonyl (C=O) groups excluding carboxylic acids is 1. The van der Waals surface area contributed by atoms with E-state index < -0.39 is 6.03 Å². The summed E-state index contributed by atoms with van der Waals surface area (Å²) < 4.78 is 0. The Kier molecular flexibility index (Phi) is 5.56. The molecule has 0 radical (unpaired) electrons. The first-order valence-corrected chi connectivity index (χ1v) is 8.75. The van der Waals surface area contributed by atoms with Gasteiger partial charge in [-0.1, -0.05) is 49.4 Å². The number of nitrogens with one attached hydrogen (secondary N) is 2. The molecule has 1 saturated heterocycles. The number of anilines is 1. The third kappa shape index (κ3) is 4.97. The molecule has 3 rings (SSSR count). The number of carbonyl (C=O) groups is 1. The Morgan fingerprint density at radius 1 is 1.08 bits per heavy atom. The van der Waals surface area contributed by atoms with E-state index in [1.165, 1.54) is 5.56 Å². The number of likely N-dealkylation sites (tertiary alicyclic amines) is 1. The summed E-state index contributed by atoms with van der Waals surface area (Å²) in [6.07, 6.45) is 0. The molecule has 2 amide bonds. The van der Waals surface area contributed by atoms with E-state index in [1.807, 2.05) is 12.1 Å². The summed E-state index contributed by atoms with van der Waals surface area (Å²) in [7, 11) is 0. The van der Waals surface area contributed by atoms with E-state index in [4.69, 9.17) is 5.73 Å². The molecule has 1 aliphatic heterocycles. The summed E-state index contributed by atoms with van der Waals surface area (Å²) in [5, 5.41) is 6.25. The predicted molar refractivity (Wildman–Crippen MR) is 101 cm³/mol. The molecule has 1 heterocycles. The molecule has 5 nitrogen and oxygen atoms in total. The van der Waals surface area contributed by atoms with Crippen LogP contribution in [0.25, 0.3) is 0 Å². The maximum Gasteiger partial charge on any atom is 0.312 e. The van der Waals surface area contributed by atoms with Crippen LogP contribution in [-0.2, 0) is 13.1 Å². The van der Waals surface area contributed by atoms with Gasteiger partial charge in [0.25, 0.3) is 0 Å². The van der Waals surface area contributed by atoms with Crippen LogP contribution in [0.2, 0.25) is 0 Å². The van der Waals surface area contributed by atoms with Crippen molar-refractivity contribution in [1.29, 1.82) is 0 Å². The number of benzene rings is 2. The fraction of sp³-hybridized carbons (Fsp3) is 0.350. The van der Waals surface area contributed by atoms with Gasteiger partial charge < -0.3 is 16.4 Å². The molecule has 0 aromatic heterocycles. The molecular formula is C20H26N4O. The monoisotopic (exact) mass is 338 g/mol. The van der Waals surface area contributed by atoms with Gasteiger partial charge in [0, 0.05) is 37.9 Å². The van der Waals surface area contributed by atoms with Gasteiger partial charge in [-0.2, -0.15) is 0 Å². The molecule has 0 aliphatic carbocycles. The highest BCUT2D eigenvalue weighted by Gasteiger charge is 2.29. The standard InChI is InChI=1S/C20H26N4O/c1-15-12-24(13-17-5-3-2-4-6-17)14-19(15)23-18-9-7-16(8-10-18)11-22-20(21)25/h2-10,15,19,23H,11-14H2,1H3,(H3,21,22,25). The molecule has 2 atom stereocenters. The van der Waals surface area contributed by atoms with Gasteiger partial charge in [-0.25, -0.2) is 4.79 Å². The zero-order chi connectivity index (χ0) is 17.6. The molecular weight excluding hydrogens is 312 g/mol. The van der Waals surface area contributed by atoms with Crippen molar-refractivity contribution in [3.8, 4) is 0 Å². The van der Waals surface area contributed by atoms with Crippen LogP contribution in [0.3, 0.4) is 0 Å². The first-order valence-electron chi connectivity index (χ1n) is 8.75. The number of primary amides is 1. The van der Waals surface area contributed by atoms with Crippen LogP contribution >= 0.6 is 0 Å². The maximum absolute atomic E-state index is 10.8. The van der Waals surface area contributed by atoms with Crippen molar-refractivity contribution in [2.24, 2.45) is 11.7 Å². The number of hydrogen-bond acceptors (Lipinski definition) is 3. The number of urea groups is 1. The van der Waals surface area contributed by atoms with E-state index in [1.54, 1.807) is 0 Å². The molecule has 0 saturated carbocycles. The number of hydrogen-bond donors (Lipinski definition) is 3. The summed E-state index contributed by atoms with van der Waals surface area (Å²) in [5.74, 6) is 0.597. The van der Waals surface area contributed by atoms with E-state index in [2.05, 4.69) is 64.9 Å². The number of rotatable bonds is 6. The van der Waals surface area contributed by atoms with Crippen LogP contribution in [0.5, 0.6) is 0 Å². The zero-order valence-electron chi connectivity index (χ0n) is 14.6. The Hall–Kier alpha value is -2.53. The van der Waals surface area contributed by atoms with Crippen molar-refractivity contribution in [3.63, 3.8) is 0 Å². The Labute approximate surface area is 149 Å². The highest BCUT2D eigenvalue weighted by atomic mass is 16.2. The lowest BCUT2D eigenvalue weighted by Gasteiger charge is -2.19. The average Bonchev–Trinajstić information content (AvgIpc) is 2.94. The van der Waals surface area contributed by atoms with E-state index in [0.29, 0.717) is 18.5 Å². The Bertz CT molecular complexity index is 687. The molecule has 4 N–H and O–H groups in total. The van der Waals surface area contributed by atoms with Crippen LogP contribution in [0.1, 0.15) is 18.1 Å². The molecule has 2 aromatic carbocycles. The summed E-state index contributed by atoms with van der Waals surface area (Å²) >= 11 is 0. The number of nitrogens with two attached hydrogens (primary N) is 1. The van der Waals surface area contributed by atoms with E-state index >= 15 is 0 Å². The zero-order valence-corrected chi connectivity index (χ0v) is 14.6. The summed E-state index contributed by atoms with van der Waals surface area (Å²) in [6, 6.07) is 18.7. The highest BCUT2D eigenvalue weighted by molar-refractivity contribution is 5.71. The second kappa shape index (κ2) is 8.03. The van der Waals surface area contributed by atoms with Crippen LogP contribution in [0.4, 0.5) is 10.5 Å². The van der Waals surface area contributed by atoms with Crippen LogP contribution in [-0.4, -0.2) is 30.1 Å². The molecule has 1 aliphatic rings. The summed E-state index contributed by atoms with van der Waals surface area (Å²) in [4.78, 5) is 13.3. The minimum Gasteiger partial charge on any atom is -0.381 e. The fourth-order valence-corrected chi connectivity index (χ4v) is 3.35. The van der Waals surface area contributed by atoms with Gasteiger partial charge in [0.2, 0.25) is 0 Å². The highest BCUT2D eigenvalue weighted by Crippen LogP contribution is 2.22. The van der Waals surface area contributed by atoms with Crippen molar-refractivity contribution >= 4 is 11.7 Å². The molecule has 132 valence electrons. The van der Waals surface area contributed by atoms with Crippen LogP contribution in [0, 0.1) is 5.92 Å². The van der Waals surface area contributed by atoms with Crippen molar-refractivity contribution < 1.29 is 4.79 Å². The van der Waals surface area contributed by atoms with Gasteiger partial charge >= 0.3 is 6.03 Å². The molecule has 25 heavy (non-hydrogen) atoms. The molecule has 2 unspecified atom stereocenters. The molecule has 1 fully saturated rings. The molecule has 0 bridgehead atoms. The lowest BCUT2D eigenvalue weighted by Crippen LogP contribution is -2.29. The largest absolute Gasteiger partial charge is 0.381 e. The van der Waals surface area contributed by atoms with Crippen LogP contribution in [0.15, 0.2) is 54.6 Å². The van der Waals surface area contributed by atoms with Crippen molar-refractivity contribution in [1.82, 2.24) is 10.2 Å². The van der Waals surface area contributed by atoms with Gasteiger partial charge in [-0.05, 0) is 29.2 Å². The topological polar surface area (TPSA) is 70.4 Å². The van der Waals surface area contributed by atoms with Gasteiger partial charge in [0.05, 0.1) is 0 Å². The lowest BCUT2D eigenvalue weighted by molar-refractivity contribution is 0.248.